The molecule has 1 saturated heterocycles. The van der Waals surface area contributed by atoms with E-state index in [4.69, 9.17) is 4.52 Å². The quantitative estimate of drug-likeness (QED) is 0.765. The number of nitrogens with one attached hydrogen (secondary N) is 1. The van der Waals surface area contributed by atoms with Gasteiger partial charge in [0.25, 0.3) is 0 Å². The molecule has 0 saturated carbocycles. The number of amides is 1. The van der Waals surface area contributed by atoms with Gasteiger partial charge in [0.15, 0.2) is 0 Å². The van der Waals surface area contributed by atoms with Crippen LogP contribution in [0.2, 0.25) is 0 Å². The third kappa shape index (κ3) is 1.95. The van der Waals surface area contributed by atoms with Crippen molar-refractivity contribution in [3.63, 3.8) is 0 Å². The topological polar surface area (TPSA) is 55.1 Å². The normalized spacial score (nSPS) is 22.1. The number of hydrogen-bond acceptors (Lipinski definition) is 3. The zero-order valence-corrected chi connectivity index (χ0v) is 8.25. The number of carbonyl (C=O) groups excluding carboxylic acids is 1. The number of nitrogens with zero attached hydrogens (tertiary/aromatic N) is 1. The van der Waals surface area contributed by atoms with E-state index in [1.165, 1.54) is 0 Å². The number of hydrogen-bond donors (Lipinski definition) is 1. The van der Waals surface area contributed by atoms with Crippen LogP contribution in [0.15, 0.2) is 10.6 Å². The standard InChI is InChI=1S/C10H14N2O2/c1-7-5-9(12-14-7)6-8-3-2-4-11-10(8)13/h5,8H,2-4,6H2,1H3,(H,11,13). The number of rotatable bonds is 2. The highest BCUT2D eigenvalue weighted by Crippen LogP contribution is 2.17. The summed E-state index contributed by atoms with van der Waals surface area (Å²) in [6.45, 7) is 2.67. The Labute approximate surface area is 82.7 Å². The molecule has 1 amide bonds. The third-order valence-corrected chi connectivity index (χ3v) is 2.53. The molecule has 1 fully saturated rings. The van der Waals surface area contributed by atoms with Crippen molar-refractivity contribution >= 4 is 5.91 Å². The molecular weight excluding hydrogens is 180 g/mol. The Kier molecular flexibility index (Phi) is 2.52. The summed E-state index contributed by atoms with van der Waals surface area (Å²) in [5.41, 5.74) is 0.879. The van der Waals surface area contributed by atoms with Crippen LogP contribution in [-0.2, 0) is 11.2 Å². The molecular formula is C10H14N2O2. The first kappa shape index (κ1) is 9.24. The first-order valence-electron chi connectivity index (χ1n) is 4.95. The Morgan fingerprint density at radius 3 is 3.21 bits per heavy atom. The van der Waals surface area contributed by atoms with Gasteiger partial charge in [-0.1, -0.05) is 5.16 Å². The minimum absolute atomic E-state index is 0.0771. The summed E-state index contributed by atoms with van der Waals surface area (Å²) in [4.78, 5) is 11.4. The summed E-state index contributed by atoms with van der Waals surface area (Å²) in [5, 5.41) is 6.75. The summed E-state index contributed by atoms with van der Waals surface area (Å²) < 4.78 is 4.96. The van der Waals surface area contributed by atoms with Crippen molar-refractivity contribution in [2.24, 2.45) is 5.92 Å². The molecule has 0 aromatic carbocycles. The second-order valence-corrected chi connectivity index (χ2v) is 3.76. The molecule has 0 aliphatic carbocycles. The average Bonchev–Trinajstić information content (AvgIpc) is 2.56. The molecule has 1 aliphatic rings. The number of piperidine rings is 1. The van der Waals surface area contributed by atoms with Crippen molar-refractivity contribution in [2.75, 3.05) is 6.54 Å². The molecule has 1 aromatic heterocycles. The van der Waals surface area contributed by atoms with Crippen LogP contribution in [0.4, 0.5) is 0 Å². The Balaban J connectivity index is 1.99. The van der Waals surface area contributed by atoms with Gasteiger partial charge in [-0.2, -0.15) is 0 Å². The van der Waals surface area contributed by atoms with Gasteiger partial charge in [0.1, 0.15) is 5.76 Å². The van der Waals surface area contributed by atoms with Crippen molar-refractivity contribution < 1.29 is 9.32 Å². The highest BCUT2D eigenvalue weighted by atomic mass is 16.5. The van der Waals surface area contributed by atoms with Gasteiger partial charge in [-0.05, 0) is 19.8 Å². The molecule has 0 spiro atoms. The number of aromatic nitrogens is 1. The van der Waals surface area contributed by atoms with E-state index in [0.717, 1.165) is 30.8 Å². The predicted octanol–water partition coefficient (Wildman–Crippen LogP) is 1.05. The van der Waals surface area contributed by atoms with E-state index in [2.05, 4.69) is 10.5 Å². The van der Waals surface area contributed by atoms with Crippen LogP contribution in [0.5, 0.6) is 0 Å². The minimum Gasteiger partial charge on any atom is -0.361 e. The average molecular weight is 194 g/mol. The van der Waals surface area contributed by atoms with Crippen molar-refractivity contribution in [1.82, 2.24) is 10.5 Å². The maximum atomic E-state index is 11.4. The van der Waals surface area contributed by atoms with E-state index in [9.17, 15) is 4.79 Å². The smallest absolute Gasteiger partial charge is 0.223 e. The van der Waals surface area contributed by atoms with Gasteiger partial charge in [0.05, 0.1) is 5.69 Å². The minimum atomic E-state index is 0.0771. The van der Waals surface area contributed by atoms with Gasteiger partial charge in [-0.3, -0.25) is 4.79 Å². The van der Waals surface area contributed by atoms with E-state index >= 15 is 0 Å². The van der Waals surface area contributed by atoms with Gasteiger partial charge in [-0.25, -0.2) is 0 Å². The van der Waals surface area contributed by atoms with Gasteiger partial charge in [0.2, 0.25) is 5.91 Å². The van der Waals surface area contributed by atoms with Crippen molar-refractivity contribution in [2.45, 2.75) is 26.2 Å². The Morgan fingerprint density at radius 2 is 2.57 bits per heavy atom. The van der Waals surface area contributed by atoms with Crippen LogP contribution in [0.25, 0.3) is 0 Å². The summed E-state index contributed by atoms with van der Waals surface area (Å²) in [7, 11) is 0. The first-order chi connectivity index (χ1) is 6.75. The molecule has 1 unspecified atom stereocenters. The zero-order valence-electron chi connectivity index (χ0n) is 8.25. The number of aryl methyl sites for hydroxylation is 1. The Bertz CT molecular complexity index is 333. The largest absolute Gasteiger partial charge is 0.361 e. The molecule has 2 rings (SSSR count). The molecule has 1 N–H and O–H groups in total. The maximum absolute atomic E-state index is 11.4. The van der Waals surface area contributed by atoms with Crippen molar-refractivity contribution in [3.05, 3.63) is 17.5 Å². The highest BCUT2D eigenvalue weighted by molar-refractivity contribution is 5.79. The van der Waals surface area contributed by atoms with E-state index in [0.29, 0.717) is 6.42 Å². The molecule has 0 bridgehead atoms. The molecule has 76 valence electrons. The lowest BCUT2D eigenvalue weighted by Crippen LogP contribution is -2.37. The van der Waals surface area contributed by atoms with Gasteiger partial charge >= 0.3 is 0 Å². The van der Waals surface area contributed by atoms with Crippen LogP contribution in [-0.4, -0.2) is 17.6 Å². The van der Waals surface area contributed by atoms with Crippen LogP contribution >= 0.6 is 0 Å². The van der Waals surface area contributed by atoms with Crippen LogP contribution in [0.1, 0.15) is 24.3 Å². The molecule has 0 radical (unpaired) electrons. The van der Waals surface area contributed by atoms with Crippen LogP contribution < -0.4 is 5.32 Å². The lowest BCUT2D eigenvalue weighted by Gasteiger charge is -2.20. The molecule has 1 aromatic rings. The molecule has 1 aliphatic heterocycles. The fraction of sp³-hybridized carbons (Fsp3) is 0.600. The first-order valence-corrected chi connectivity index (χ1v) is 4.95. The second-order valence-electron chi connectivity index (χ2n) is 3.76. The second kappa shape index (κ2) is 3.82. The van der Waals surface area contributed by atoms with E-state index in [1.54, 1.807) is 0 Å². The van der Waals surface area contributed by atoms with Gasteiger partial charge in [0, 0.05) is 24.9 Å². The third-order valence-electron chi connectivity index (χ3n) is 2.53. The number of carbonyl (C=O) groups is 1. The molecule has 4 nitrogen and oxygen atoms in total. The molecule has 2 heterocycles. The Hall–Kier alpha value is -1.32. The van der Waals surface area contributed by atoms with E-state index < -0.39 is 0 Å². The summed E-state index contributed by atoms with van der Waals surface area (Å²) >= 11 is 0. The van der Waals surface area contributed by atoms with Crippen molar-refractivity contribution in [1.29, 1.82) is 0 Å². The molecule has 14 heavy (non-hydrogen) atoms. The van der Waals surface area contributed by atoms with E-state index in [-0.39, 0.29) is 11.8 Å². The van der Waals surface area contributed by atoms with Crippen molar-refractivity contribution in [3.8, 4) is 0 Å². The van der Waals surface area contributed by atoms with Crippen LogP contribution in [0, 0.1) is 12.8 Å². The monoisotopic (exact) mass is 194 g/mol. The highest BCUT2D eigenvalue weighted by Gasteiger charge is 2.23. The Morgan fingerprint density at radius 1 is 1.71 bits per heavy atom. The van der Waals surface area contributed by atoms with E-state index in [1.807, 2.05) is 13.0 Å². The SMILES string of the molecule is Cc1cc(CC2CCCNC2=O)no1. The fourth-order valence-corrected chi connectivity index (χ4v) is 1.80. The van der Waals surface area contributed by atoms with Gasteiger partial charge in [-0.15, -0.1) is 0 Å². The molecule has 4 heteroatoms. The zero-order chi connectivity index (χ0) is 9.97. The maximum Gasteiger partial charge on any atom is 0.223 e. The summed E-state index contributed by atoms with van der Waals surface area (Å²) in [5.74, 6) is 1.03. The summed E-state index contributed by atoms with van der Waals surface area (Å²) in [6, 6.07) is 1.89. The fourth-order valence-electron chi connectivity index (χ4n) is 1.80. The predicted molar refractivity (Wildman–Crippen MR) is 50.7 cm³/mol. The van der Waals surface area contributed by atoms with Crippen LogP contribution in [0.3, 0.4) is 0 Å². The molecule has 1 atom stereocenters. The van der Waals surface area contributed by atoms with Gasteiger partial charge < -0.3 is 9.84 Å². The lowest BCUT2D eigenvalue weighted by molar-refractivity contribution is -0.126. The lowest BCUT2D eigenvalue weighted by atomic mass is 9.94. The summed E-state index contributed by atoms with van der Waals surface area (Å²) in [6.07, 6.45) is 2.72.